The fraction of sp³-hybridized carbons (Fsp3) is 0.562. The Bertz CT molecular complexity index is 613. The molecule has 24 heavy (non-hydrogen) atoms. The Morgan fingerprint density at radius 2 is 1.71 bits per heavy atom. The van der Waals surface area contributed by atoms with Crippen LogP contribution in [0.3, 0.4) is 0 Å². The summed E-state index contributed by atoms with van der Waals surface area (Å²) in [4.78, 5) is 4.35. The molecule has 0 saturated heterocycles. The van der Waals surface area contributed by atoms with Gasteiger partial charge in [-0.25, -0.2) is 13.1 Å². The van der Waals surface area contributed by atoms with Crippen LogP contribution in [0.5, 0.6) is 0 Å². The molecule has 0 amide bonds. The first-order chi connectivity index (χ1) is 10.8. The first kappa shape index (κ1) is 23.1. The van der Waals surface area contributed by atoms with Gasteiger partial charge < -0.3 is 10.6 Å². The molecule has 0 heterocycles. The second kappa shape index (κ2) is 11.6. The van der Waals surface area contributed by atoms with E-state index in [1.165, 1.54) is 16.7 Å². The zero-order valence-corrected chi connectivity index (χ0v) is 18.0. The molecule has 138 valence electrons. The molecule has 0 bridgehead atoms. The second-order valence-electron chi connectivity index (χ2n) is 5.60. The second-order valence-corrected chi connectivity index (χ2v) is 7.43. The predicted octanol–water partition coefficient (Wildman–Crippen LogP) is 1.57. The molecule has 0 unspecified atom stereocenters. The Morgan fingerprint density at radius 1 is 1.08 bits per heavy atom. The van der Waals surface area contributed by atoms with E-state index in [4.69, 9.17) is 0 Å². The summed E-state index contributed by atoms with van der Waals surface area (Å²) < 4.78 is 24.4. The molecule has 6 nitrogen and oxygen atoms in total. The van der Waals surface area contributed by atoms with Crippen LogP contribution < -0.4 is 15.4 Å². The van der Waals surface area contributed by atoms with Crippen LogP contribution in [0.2, 0.25) is 0 Å². The van der Waals surface area contributed by atoms with E-state index in [1.54, 1.807) is 0 Å². The van der Waals surface area contributed by atoms with E-state index in [0.29, 0.717) is 19.0 Å². The van der Waals surface area contributed by atoms with Crippen LogP contribution in [0.4, 0.5) is 0 Å². The van der Waals surface area contributed by atoms with Crippen molar-refractivity contribution < 1.29 is 8.42 Å². The Kier molecular flexibility index (Phi) is 11.2. The highest BCUT2D eigenvalue weighted by atomic mass is 127. The van der Waals surface area contributed by atoms with Crippen molar-refractivity contribution in [3.8, 4) is 0 Å². The minimum absolute atomic E-state index is 0. The van der Waals surface area contributed by atoms with Crippen LogP contribution >= 0.6 is 24.0 Å². The number of sulfonamides is 1. The largest absolute Gasteiger partial charge is 0.357 e. The molecule has 0 aliphatic heterocycles. The van der Waals surface area contributed by atoms with Crippen LogP contribution in [0.15, 0.2) is 23.2 Å². The summed E-state index contributed by atoms with van der Waals surface area (Å²) in [6.07, 6.45) is 2.05. The molecule has 1 rings (SSSR count). The van der Waals surface area contributed by atoms with E-state index in [0.717, 1.165) is 25.8 Å². The Labute approximate surface area is 163 Å². The van der Waals surface area contributed by atoms with Gasteiger partial charge in [0.2, 0.25) is 10.0 Å². The summed E-state index contributed by atoms with van der Waals surface area (Å²) in [5, 5.41) is 6.42. The van der Waals surface area contributed by atoms with E-state index >= 15 is 0 Å². The lowest BCUT2D eigenvalue weighted by atomic mass is 10.1. The number of benzene rings is 1. The Hall–Kier alpha value is -0.870. The van der Waals surface area contributed by atoms with Gasteiger partial charge in [0.05, 0.1) is 12.8 Å². The fourth-order valence-corrected chi connectivity index (χ4v) is 2.74. The standard InChI is InChI=1S/C16H28N4O2S.HI/c1-5-17-16(19-8-9-20-23(4,21)22)18-7-6-15-11-13(2)10-14(3)12-15;/h10-12,20H,5-9H2,1-4H3,(H2,17,18,19);1H. The first-order valence-corrected chi connectivity index (χ1v) is 9.73. The van der Waals surface area contributed by atoms with E-state index in [9.17, 15) is 8.42 Å². The van der Waals surface area contributed by atoms with Crippen LogP contribution in [-0.2, 0) is 16.4 Å². The molecule has 0 fully saturated rings. The average Bonchev–Trinajstić information content (AvgIpc) is 2.41. The molecular weight excluding hydrogens is 439 g/mol. The fourth-order valence-electron chi connectivity index (χ4n) is 2.28. The third-order valence-electron chi connectivity index (χ3n) is 3.08. The van der Waals surface area contributed by atoms with Crippen LogP contribution in [0.25, 0.3) is 0 Å². The van der Waals surface area contributed by atoms with Crippen molar-refractivity contribution in [1.29, 1.82) is 0 Å². The summed E-state index contributed by atoms with van der Waals surface area (Å²) in [5.41, 5.74) is 3.84. The molecule has 3 N–H and O–H groups in total. The highest BCUT2D eigenvalue weighted by Crippen LogP contribution is 2.08. The minimum atomic E-state index is -3.16. The quantitative estimate of drug-likeness (QED) is 0.234. The molecule has 1 aromatic carbocycles. The van der Waals surface area contributed by atoms with Crippen molar-refractivity contribution in [1.82, 2.24) is 15.4 Å². The topological polar surface area (TPSA) is 82.6 Å². The van der Waals surface area contributed by atoms with Gasteiger partial charge in [-0.05, 0) is 32.8 Å². The van der Waals surface area contributed by atoms with E-state index < -0.39 is 10.0 Å². The highest BCUT2D eigenvalue weighted by Gasteiger charge is 2.01. The third kappa shape index (κ3) is 10.8. The Morgan fingerprint density at radius 3 is 2.25 bits per heavy atom. The maximum absolute atomic E-state index is 11.0. The minimum Gasteiger partial charge on any atom is -0.357 e. The molecule has 0 atom stereocenters. The number of aliphatic imine (C=N–C) groups is 1. The van der Waals surface area contributed by atoms with Gasteiger partial charge in [0.15, 0.2) is 5.96 Å². The zero-order valence-electron chi connectivity index (χ0n) is 14.8. The van der Waals surface area contributed by atoms with Gasteiger partial charge in [0, 0.05) is 19.6 Å². The third-order valence-corrected chi connectivity index (χ3v) is 3.81. The average molecular weight is 468 g/mol. The van der Waals surface area contributed by atoms with Crippen molar-refractivity contribution in [3.05, 3.63) is 34.9 Å². The molecule has 0 radical (unpaired) electrons. The van der Waals surface area contributed by atoms with Crippen molar-refractivity contribution in [3.63, 3.8) is 0 Å². The van der Waals surface area contributed by atoms with E-state index in [-0.39, 0.29) is 24.0 Å². The lowest BCUT2D eigenvalue weighted by molar-refractivity contribution is 0.588. The van der Waals surface area contributed by atoms with Crippen molar-refractivity contribution >= 4 is 40.0 Å². The van der Waals surface area contributed by atoms with E-state index in [2.05, 4.69) is 52.4 Å². The molecule has 8 heteroatoms. The summed E-state index contributed by atoms with van der Waals surface area (Å²) in [7, 11) is -3.16. The predicted molar refractivity (Wildman–Crippen MR) is 112 cm³/mol. The SMILES string of the molecule is CCNC(=NCCNS(C)(=O)=O)NCCc1cc(C)cc(C)c1.I. The van der Waals surface area contributed by atoms with Crippen molar-refractivity contribution in [2.45, 2.75) is 27.2 Å². The normalized spacial score (nSPS) is 11.8. The van der Waals surface area contributed by atoms with Crippen LogP contribution in [0.1, 0.15) is 23.6 Å². The number of halogens is 1. The van der Waals surface area contributed by atoms with Crippen LogP contribution in [-0.4, -0.2) is 46.8 Å². The molecule has 1 aromatic rings. The zero-order chi connectivity index (χ0) is 17.3. The van der Waals surface area contributed by atoms with Gasteiger partial charge in [0.25, 0.3) is 0 Å². The molecular formula is C16H29IN4O2S. The highest BCUT2D eigenvalue weighted by molar-refractivity contribution is 14.0. The van der Waals surface area contributed by atoms with Gasteiger partial charge in [-0.1, -0.05) is 29.3 Å². The molecule has 0 aliphatic rings. The lowest BCUT2D eigenvalue weighted by Gasteiger charge is -2.12. The molecule has 0 spiro atoms. The number of hydrogen-bond donors (Lipinski definition) is 3. The first-order valence-electron chi connectivity index (χ1n) is 7.84. The van der Waals surface area contributed by atoms with E-state index in [1.807, 2.05) is 6.92 Å². The van der Waals surface area contributed by atoms with Crippen molar-refractivity contribution in [2.24, 2.45) is 4.99 Å². The number of guanidine groups is 1. The van der Waals surface area contributed by atoms with Gasteiger partial charge in [-0.3, -0.25) is 4.99 Å². The summed E-state index contributed by atoms with van der Waals surface area (Å²) in [6.45, 7) is 8.42. The number of rotatable bonds is 8. The molecule has 0 aromatic heterocycles. The maximum atomic E-state index is 11.0. The number of hydrogen-bond acceptors (Lipinski definition) is 3. The van der Waals surface area contributed by atoms with Gasteiger partial charge in [-0.15, -0.1) is 24.0 Å². The van der Waals surface area contributed by atoms with Gasteiger partial charge in [-0.2, -0.15) is 0 Å². The van der Waals surface area contributed by atoms with Crippen molar-refractivity contribution in [2.75, 3.05) is 32.4 Å². The smallest absolute Gasteiger partial charge is 0.208 e. The maximum Gasteiger partial charge on any atom is 0.208 e. The Balaban J connectivity index is 0.00000529. The number of nitrogens with zero attached hydrogens (tertiary/aromatic N) is 1. The summed E-state index contributed by atoms with van der Waals surface area (Å²) in [6, 6.07) is 6.54. The number of nitrogens with one attached hydrogen (secondary N) is 3. The van der Waals surface area contributed by atoms with Gasteiger partial charge >= 0.3 is 0 Å². The summed E-state index contributed by atoms with van der Waals surface area (Å²) >= 11 is 0. The number of aryl methyl sites for hydroxylation is 2. The van der Waals surface area contributed by atoms with Gasteiger partial charge in [0.1, 0.15) is 0 Å². The molecule has 0 saturated carbocycles. The monoisotopic (exact) mass is 468 g/mol. The van der Waals surface area contributed by atoms with Crippen LogP contribution in [0, 0.1) is 13.8 Å². The molecule has 0 aliphatic carbocycles. The lowest BCUT2D eigenvalue weighted by Crippen LogP contribution is -2.39. The summed E-state index contributed by atoms with van der Waals surface area (Å²) in [5.74, 6) is 0.701.